The largest absolute Gasteiger partial charge is 0.347 e. The maximum atomic E-state index is 13.9. The Labute approximate surface area is 182 Å². The Hall–Kier alpha value is -2.84. The SMILES string of the molecule is CN(C)c1ncc(-c2cccc(F)c2)c(C2CCCN(S(=O)(=O)c3ccccc3)C2)n1. The predicted molar refractivity (Wildman–Crippen MR) is 119 cm³/mol. The lowest BCUT2D eigenvalue weighted by Gasteiger charge is -2.32. The molecule has 3 aromatic rings. The maximum absolute atomic E-state index is 13.9. The Morgan fingerprint density at radius 2 is 1.87 bits per heavy atom. The van der Waals surface area contributed by atoms with Gasteiger partial charge in [-0.25, -0.2) is 22.8 Å². The van der Waals surface area contributed by atoms with Crippen molar-refractivity contribution in [2.75, 3.05) is 32.1 Å². The average molecular weight is 441 g/mol. The Bertz CT molecular complexity index is 1170. The first-order valence-corrected chi connectivity index (χ1v) is 11.7. The number of aromatic nitrogens is 2. The second kappa shape index (κ2) is 8.72. The molecule has 0 spiro atoms. The summed E-state index contributed by atoms with van der Waals surface area (Å²) in [7, 11) is 0.116. The summed E-state index contributed by atoms with van der Waals surface area (Å²) in [6.45, 7) is 0.790. The zero-order valence-corrected chi connectivity index (χ0v) is 18.4. The van der Waals surface area contributed by atoms with Crippen LogP contribution in [0.4, 0.5) is 10.3 Å². The average Bonchev–Trinajstić information content (AvgIpc) is 2.79. The second-order valence-corrected chi connectivity index (χ2v) is 9.83. The van der Waals surface area contributed by atoms with Crippen LogP contribution in [0.5, 0.6) is 0 Å². The summed E-state index contributed by atoms with van der Waals surface area (Å²) in [5.41, 5.74) is 2.16. The lowest BCUT2D eigenvalue weighted by Crippen LogP contribution is -2.39. The summed E-state index contributed by atoms with van der Waals surface area (Å²) < 4.78 is 41.8. The van der Waals surface area contributed by atoms with Crippen molar-refractivity contribution in [1.82, 2.24) is 14.3 Å². The summed E-state index contributed by atoms with van der Waals surface area (Å²) in [4.78, 5) is 11.3. The van der Waals surface area contributed by atoms with Crippen LogP contribution in [0.3, 0.4) is 0 Å². The Kier molecular flexibility index (Phi) is 6.02. The zero-order chi connectivity index (χ0) is 22.0. The molecule has 8 heteroatoms. The number of sulfonamides is 1. The number of halogens is 1. The highest BCUT2D eigenvalue weighted by molar-refractivity contribution is 7.89. The van der Waals surface area contributed by atoms with Gasteiger partial charge in [-0.05, 0) is 42.7 Å². The number of benzene rings is 2. The van der Waals surface area contributed by atoms with Crippen molar-refractivity contribution in [1.29, 1.82) is 0 Å². The van der Waals surface area contributed by atoms with E-state index >= 15 is 0 Å². The van der Waals surface area contributed by atoms with E-state index in [0.717, 1.165) is 24.1 Å². The highest BCUT2D eigenvalue weighted by Gasteiger charge is 2.33. The quantitative estimate of drug-likeness (QED) is 0.602. The number of rotatable bonds is 5. The summed E-state index contributed by atoms with van der Waals surface area (Å²) >= 11 is 0. The van der Waals surface area contributed by atoms with Gasteiger partial charge in [-0.15, -0.1) is 0 Å². The van der Waals surface area contributed by atoms with Crippen LogP contribution in [0.15, 0.2) is 65.7 Å². The van der Waals surface area contributed by atoms with Crippen LogP contribution in [0, 0.1) is 5.82 Å². The first-order valence-electron chi connectivity index (χ1n) is 10.2. The molecule has 1 aliphatic rings. The van der Waals surface area contributed by atoms with E-state index < -0.39 is 10.0 Å². The van der Waals surface area contributed by atoms with E-state index in [9.17, 15) is 12.8 Å². The molecule has 0 N–H and O–H groups in total. The molecule has 6 nitrogen and oxygen atoms in total. The first-order chi connectivity index (χ1) is 14.9. The van der Waals surface area contributed by atoms with E-state index in [0.29, 0.717) is 24.6 Å². The molecule has 0 bridgehead atoms. The minimum Gasteiger partial charge on any atom is -0.347 e. The molecule has 0 saturated carbocycles. The monoisotopic (exact) mass is 440 g/mol. The molecular formula is C23H25FN4O2S. The van der Waals surface area contributed by atoms with Crippen molar-refractivity contribution in [2.45, 2.75) is 23.7 Å². The fraction of sp³-hybridized carbons (Fsp3) is 0.304. The number of hydrogen-bond acceptors (Lipinski definition) is 5. The van der Waals surface area contributed by atoms with Gasteiger partial charge in [-0.2, -0.15) is 4.31 Å². The molecule has 1 fully saturated rings. The van der Waals surface area contributed by atoms with Gasteiger partial charge >= 0.3 is 0 Å². The topological polar surface area (TPSA) is 66.4 Å². The predicted octanol–water partition coefficient (Wildman–Crippen LogP) is 3.92. The molecule has 1 unspecified atom stereocenters. The van der Waals surface area contributed by atoms with Crippen LogP contribution < -0.4 is 4.90 Å². The van der Waals surface area contributed by atoms with E-state index in [1.165, 1.54) is 16.4 Å². The number of hydrogen-bond donors (Lipinski definition) is 0. The third kappa shape index (κ3) is 4.45. The fourth-order valence-electron chi connectivity index (χ4n) is 3.92. The van der Waals surface area contributed by atoms with Crippen LogP contribution in [-0.4, -0.2) is 49.9 Å². The van der Waals surface area contributed by atoms with Crippen molar-refractivity contribution in [3.8, 4) is 11.1 Å². The van der Waals surface area contributed by atoms with Crippen molar-refractivity contribution >= 4 is 16.0 Å². The molecule has 1 aromatic heterocycles. The Morgan fingerprint density at radius 1 is 1.10 bits per heavy atom. The van der Waals surface area contributed by atoms with Gasteiger partial charge in [0.25, 0.3) is 0 Å². The maximum Gasteiger partial charge on any atom is 0.243 e. The Morgan fingerprint density at radius 3 is 2.58 bits per heavy atom. The highest BCUT2D eigenvalue weighted by Crippen LogP contribution is 2.35. The van der Waals surface area contributed by atoms with Gasteiger partial charge in [0.05, 0.1) is 10.6 Å². The first kappa shape index (κ1) is 21.4. The third-order valence-corrected chi connectivity index (χ3v) is 7.37. The normalized spacial score (nSPS) is 17.5. The number of anilines is 1. The van der Waals surface area contributed by atoms with Crippen molar-refractivity contribution < 1.29 is 12.8 Å². The smallest absolute Gasteiger partial charge is 0.243 e. The van der Waals surface area contributed by atoms with E-state index in [2.05, 4.69) is 4.98 Å². The summed E-state index contributed by atoms with van der Waals surface area (Å²) in [5.74, 6) is 0.0856. The van der Waals surface area contributed by atoms with Gasteiger partial charge in [0, 0.05) is 44.9 Å². The van der Waals surface area contributed by atoms with Crippen LogP contribution in [0.2, 0.25) is 0 Å². The van der Waals surface area contributed by atoms with E-state index in [1.807, 2.05) is 20.2 Å². The van der Waals surface area contributed by atoms with Crippen LogP contribution in [-0.2, 0) is 10.0 Å². The lowest BCUT2D eigenvalue weighted by atomic mass is 9.91. The molecule has 1 atom stereocenters. The molecule has 0 aliphatic carbocycles. The molecule has 4 rings (SSSR count). The standard InChI is InChI=1S/C23H25FN4O2S/c1-27(2)23-25-15-21(17-8-6-10-19(24)14-17)22(26-23)18-9-7-13-28(16-18)31(29,30)20-11-4-3-5-12-20/h3-6,8,10-12,14-15,18H,7,9,13,16H2,1-2H3. The molecule has 0 amide bonds. The number of nitrogens with zero attached hydrogens (tertiary/aromatic N) is 4. The molecule has 31 heavy (non-hydrogen) atoms. The van der Waals surface area contributed by atoms with Crippen molar-refractivity contribution in [3.05, 3.63) is 72.3 Å². The van der Waals surface area contributed by atoms with Gasteiger partial charge in [-0.1, -0.05) is 30.3 Å². The fourth-order valence-corrected chi connectivity index (χ4v) is 5.46. The minimum absolute atomic E-state index is 0.118. The van der Waals surface area contributed by atoms with E-state index in [1.54, 1.807) is 47.5 Å². The van der Waals surface area contributed by atoms with E-state index in [4.69, 9.17) is 4.98 Å². The van der Waals surface area contributed by atoms with Crippen LogP contribution >= 0.6 is 0 Å². The van der Waals surface area contributed by atoms with Gasteiger partial charge in [0.2, 0.25) is 16.0 Å². The summed E-state index contributed by atoms with van der Waals surface area (Å²) in [6.07, 6.45) is 3.23. The van der Waals surface area contributed by atoms with Crippen molar-refractivity contribution in [2.24, 2.45) is 0 Å². The summed E-state index contributed by atoms with van der Waals surface area (Å²) in [5, 5.41) is 0. The highest BCUT2D eigenvalue weighted by atomic mass is 32.2. The second-order valence-electron chi connectivity index (χ2n) is 7.89. The Balaban J connectivity index is 1.73. The van der Waals surface area contributed by atoms with Crippen LogP contribution in [0.1, 0.15) is 24.5 Å². The lowest BCUT2D eigenvalue weighted by molar-refractivity contribution is 0.313. The van der Waals surface area contributed by atoms with Gasteiger partial charge < -0.3 is 4.90 Å². The molecule has 2 heterocycles. The summed E-state index contributed by atoms with van der Waals surface area (Å²) in [6, 6.07) is 14.8. The number of piperidine rings is 1. The zero-order valence-electron chi connectivity index (χ0n) is 17.6. The minimum atomic E-state index is -3.59. The molecule has 2 aromatic carbocycles. The van der Waals surface area contributed by atoms with Gasteiger partial charge in [-0.3, -0.25) is 0 Å². The van der Waals surface area contributed by atoms with Gasteiger partial charge in [0.1, 0.15) is 5.82 Å². The van der Waals surface area contributed by atoms with Gasteiger partial charge in [0.15, 0.2) is 0 Å². The van der Waals surface area contributed by atoms with Crippen molar-refractivity contribution in [3.63, 3.8) is 0 Å². The molecule has 0 radical (unpaired) electrons. The molecule has 1 aliphatic heterocycles. The van der Waals surface area contributed by atoms with E-state index in [-0.39, 0.29) is 16.6 Å². The van der Waals surface area contributed by atoms with Crippen LogP contribution in [0.25, 0.3) is 11.1 Å². The molecular weight excluding hydrogens is 415 g/mol. The molecule has 162 valence electrons. The molecule has 1 saturated heterocycles. The third-order valence-electron chi connectivity index (χ3n) is 5.49.